The molecule has 0 unspecified atom stereocenters. The Balaban J connectivity index is 1.69. The van der Waals surface area contributed by atoms with E-state index in [1.54, 1.807) is 0 Å². The number of pyridine rings is 1. The minimum absolute atomic E-state index is 1.13. The lowest BCUT2D eigenvalue weighted by Gasteiger charge is -2.05. The van der Waals surface area contributed by atoms with Gasteiger partial charge in [0.2, 0.25) is 5.69 Å². The molecule has 0 saturated carbocycles. The summed E-state index contributed by atoms with van der Waals surface area (Å²) in [5.74, 6) is 0. The number of hydrogen-bond donors (Lipinski definition) is 0. The fourth-order valence-electron chi connectivity index (χ4n) is 3.60. The number of H-pyrrole nitrogens is 1. The zero-order valence-corrected chi connectivity index (χ0v) is 14.3. The van der Waals surface area contributed by atoms with Crippen molar-refractivity contribution in [1.29, 1.82) is 0 Å². The lowest BCUT2D eigenvalue weighted by molar-refractivity contribution is -0.362. The average molecular weight is 332 g/mol. The van der Waals surface area contributed by atoms with E-state index in [1.165, 1.54) is 38.2 Å². The Labute approximate surface area is 152 Å². The Morgan fingerprint density at radius 2 is 1.19 bits per heavy atom. The van der Waals surface area contributed by atoms with Crippen LogP contribution in [-0.2, 0) is 0 Å². The molecule has 1 heterocycles. The number of aromatic amines is 1. The molecule has 0 fully saturated rings. The molecule has 0 amide bonds. The van der Waals surface area contributed by atoms with E-state index < -0.39 is 0 Å². The molecular formula is C25H18N+. The smallest absolute Gasteiger partial charge is 0.210 e. The Kier molecular flexibility index (Phi) is 3.50. The third-order valence-electron chi connectivity index (χ3n) is 4.96. The number of nitrogens with one attached hydrogen (secondary N) is 1. The molecule has 0 aliphatic heterocycles. The molecule has 4 aromatic carbocycles. The van der Waals surface area contributed by atoms with Gasteiger partial charge in [-0.2, -0.15) is 0 Å². The summed E-state index contributed by atoms with van der Waals surface area (Å²) in [4.78, 5) is 3.47. The van der Waals surface area contributed by atoms with Crippen LogP contribution in [0.5, 0.6) is 0 Å². The lowest BCUT2D eigenvalue weighted by Crippen LogP contribution is -2.05. The van der Waals surface area contributed by atoms with Crippen molar-refractivity contribution in [2.75, 3.05) is 0 Å². The van der Waals surface area contributed by atoms with Crippen molar-refractivity contribution in [2.45, 2.75) is 0 Å². The second-order valence-corrected chi connectivity index (χ2v) is 6.58. The molecule has 0 spiro atoms. The molecule has 0 radical (unpaired) electrons. The van der Waals surface area contributed by atoms with E-state index in [2.05, 4.69) is 108 Å². The van der Waals surface area contributed by atoms with Gasteiger partial charge in [-0.25, -0.2) is 4.98 Å². The van der Waals surface area contributed by atoms with Crippen LogP contribution in [0.2, 0.25) is 0 Å². The Morgan fingerprint density at radius 1 is 0.462 bits per heavy atom. The van der Waals surface area contributed by atoms with Crippen LogP contribution in [0.1, 0.15) is 0 Å². The van der Waals surface area contributed by atoms with Gasteiger partial charge >= 0.3 is 0 Å². The van der Waals surface area contributed by atoms with Gasteiger partial charge in [-0.05, 0) is 40.1 Å². The van der Waals surface area contributed by atoms with Gasteiger partial charge in [-0.1, -0.05) is 72.8 Å². The predicted molar refractivity (Wildman–Crippen MR) is 109 cm³/mol. The van der Waals surface area contributed by atoms with Crippen molar-refractivity contribution in [3.8, 4) is 22.4 Å². The first-order valence-electron chi connectivity index (χ1n) is 8.87. The monoisotopic (exact) mass is 332 g/mol. The van der Waals surface area contributed by atoms with E-state index in [0.29, 0.717) is 0 Å². The lowest BCUT2D eigenvalue weighted by atomic mass is 9.99. The van der Waals surface area contributed by atoms with E-state index in [1.807, 2.05) is 0 Å². The topological polar surface area (TPSA) is 14.1 Å². The highest BCUT2D eigenvalue weighted by atomic mass is 14.7. The molecule has 0 aliphatic carbocycles. The molecule has 1 N–H and O–H groups in total. The van der Waals surface area contributed by atoms with Crippen LogP contribution in [0, 0.1) is 0 Å². The first-order valence-corrected chi connectivity index (χ1v) is 8.87. The van der Waals surface area contributed by atoms with Crippen LogP contribution in [0.25, 0.3) is 43.9 Å². The van der Waals surface area contributed by atoms with Crippen molar-refractivity contribution >= 4 is 21.5 Å². The van der Waals surface area contributed by atoms with E-state index >= 15 is 0 Å². The third-order valence-corrected chi connectivity index (χ3v) is 4.96. The summed E-state index contributed by atoms with van der Waals surface area (Å²) < 4.78 is 0. The molecule has 1 heteroatoms. The molecule has 122 valence electrons. The fraction of sp³-hybridized carbons (Fsp3) is 0. The normalized spacial score (nSPS) is 11.1. The van der Waals surface area contributed by atoms with Gasteiger partial charge in [0, 0.05) is 22.4 Å². The first-order chi connectivity index (χ1) is 12.9. The summed E-state index contributed by atoms with van der Waals surface area (Å²) in [6.07, 6.45) is 2.10. The molecule has 0 atom stereocenters. The summed E-state index contributed by atoms with van der Waals surface area (Å²) in [6, 6.07) is 34.4. The maximum absolute atomic E-state index is 3.47. The highest BCUT2D eigenvalue weighted by Gasteiger charge is 2.10. The van der Waals surface area contributed by atoms with E-state index in [-0.39, 0.29) is 0 Å². The molecule has 1 aromatic heterocycles. The Bertz CT molecular complexity index is 1220. The van der Waals surface area contributed by atoms with Gasteiger partial charge in [0.05, 0.1) is 0 Å². The van der Waals surface area contributed by atoms with Gasteiger partial charge in [0.15, 0.2) is 6.20 Å². The number of rotatable bonds is 2. The van der Waals surface area contributed by atoms with Crippen molar-refractivity contribution < 1.29 is 4.98 Å². The summed E-state index contributed by atoms with van der Waals surface area (Å²) in [6.45, 7) is 0. The average Bonchev–Trinajstić information content (AvgIpc) is 2.74. The molecular weight excluding hydrogens is 314 g/mol. The molecule has 0 saturated heterocycles. The Hall–Kier alpha value is -3.45. The van der Waals surface area contributed by atoms with Gasteiger partial charge in [0.25, 0.3) is 0 Å². The predicted octanol–water partition coefficient (Wildman–Crippen LogP) is 6.14. The minimum atomic E-state index is 1.13. The summed E-state index contributed by atoms with van der Waals surface area (Å²) in [5, 5.41) is 5.07. The summed E-state index contributed by atoms with van der Waals surface area (Å²) in [5.41, 5.74) is 4.79. The van der Waals surface area contributed by atoms with Crippen LogP contribution in [0.3, 0.4) is 0 Å². The van der Waals surface area contributed by atoms with Crippen molar-refractivity contribution in [2.24, 2.45) is 0 Å². The van der Waals surface area contributed by atoms with Gasteiger partial charge in [-0.3, -0.25) is 0 Å². The van der Waals surface area contributed by atoms with Crippen LogP contribution >= 0.6 is 0 Å². The minimum Gasteiger partial charge on any atom is -0.210 e. The largest absolute Gasteiger partial charge is 0.211 e. The first kappa shape index (κ1) is 14.9. The maximum Gasteiger partial charge on any atom is 0.211 e. The fourth-order valence-corrected chi connectivity index (χ4v) is 3.60. The van der Waals surface area contributed by atoms with E-state index in [9.17, 15) is 0 Å². The standard InChI is InChI=1S/C25H17N/c1-2-7-18(8-3-1)20-10-6-11-21(15-20)25-16-24-22(17-26-25)14-13-19-9-4-5-12-23(19)24/h1-17H/p+1. The van der Waals surface area contributed by atoms with E-state index in [4.69, 9.17) is 0 Å². The Morgan fingerprint density at radius 3 is 2.12 bits per heavy atom. The maximum atomic E-state index is 3.47. The van der Waals surface area contributed by atoms with Crippen LogP contribution < -0.4 is 4.98 Å². The highest BCUT2D eigenvalue weighted by Crippen LogP contribution is 2.29. The zero-order valence-electron chi connectivity index (χ0n) is 14.3. The zero-order chi connectivity index (χ0) is 17.3. The second-order valence-electron chi connectivity index (χ2n) is 6.58. The quantitative estimate of drug-likeness (QED) is 0.345. The number of fused-ring (bicyclic) bond motifs is 3. The SMILES string of the molecule is c1ccc(-c2cccc(-c3cc4c(ccc5ccccc54)c[nH+]3)c2)cc1. The molecule has 0 aliphatic rings. The van der Waals surface area contributed by atoms with Crippen LogP contribution in [0.15, 0.2) is 103 Å². The third kappa shape index (κ3) is 2.55. The second kappa shape index (κ2) is 6.12. The number of hydrogen-bond acceptors (Lipinski definition) is 0. The molecule has 5 rings (SSSR count). The van der Waals surface area contributed by atoms with Gasteiger partial charge in [0.1, 0.15) is 0 Å². The number of benzene rings is 4. The molecule has 26 heavy (non-hydrogen) atoms. The highest BCUT2D eigenvalue weighted by molar-refractivity contribution is 6.07. The summed E-state index contributed by atoms with van der Waals surface area (Å²) in [7, 11) is 0. The summed E-state index contributed by atoms with van der Waals surface area (Å²) >= 11 is 0. The molecule has 1 nitrogen and oxygen atoms in total. The molecule has 5 aromatic rings. The molecule has 0 bridgehead atoms. The van der Waals surface area contributed by atoms with E-state index in [0.717, 1.165) is 5.69 Å². The number of aromatic nitrogens is 1. The van der Waals surface area contributed by atoms with Crippen LogP contribution in [-0.4, -0.2) is 0 Å². The van der Waals surface area contributed by atoms with Gasteiger partial charge in [-0.15, -0.1) is 0 Å². The van der Waals surface area contributed by atoms with Crippen molar-refractivity contribution in [1.82, 2.24) is 0 Å². The van der Waals surface area contributed by atoms with Crippen molar-refractivity contribution in [3.63, 3.8) is 0 Å². The van der Waals surface area contributed by atoms with Gasteiger partial charge < -0.3 is 0 Å². The van der Waals surface area contributed by atoms with Crippen molar-refractivity contribution in [3.05, 3.63) is 103 Å². The van der Waals surface area contributed by atoms with Crippen LogP contribution in [0.4, 0.5) is 0 Å².